The molecule has 3 aromatic carbocycles. The fourth-order valence-corrected chi connectivity index (χ4v) is 3.25. The Bertz CT molecular complexity index is 1190. The predicted octanol–water partition coefficient (Wildman–Crippen LogP) is 5.26. The molecule has 0 radical (unpaired) electrons. The first-order valence-corrected chi connectivity index (χ1v) is 10.4. The van der Waals surface area contributed by atoms with Gasteiger partial charge in [0.25, 0.3) is 5.91 Å². The highest BCUT2D eigenvalue weighted by molar-refractivity contribution is 6.33. The molecule has 0 fully saturated rings. The number of ether oxygens (including phenoxy) is 2. The summed E-state index contributed by atoms with van der Waals surface area (Å²) in [6.07, 6.45) is 1.51. The van der Waals surface area contributed by atoms with E-state index in [0.29, 0.717) is 39.8 Å². The standard InChI is InChI=1S/C25H22ClN3O3/c1-3-31-24-13-18(15-28-29-25(30)21-10-8-17(2)12-22(21)26)9-11-23(24)32-16-20-7-5-4-6-19(20)14-27/h4-13,15H,3,16H2,1-2H3,(H,29,30)/b28-15-. The Morgan fingerprint density at radius 1 is 1.12 bits per heavy atom. The summed E-state index contributed by atoms with van der Waals surface area (Å²) in [6.45, 7) is 4.47. The van der Waals surface area contributed by atoms with Crippen molar-refractivity contribution >= 4 is 23.7 Å². The van der Waals surface area contributed by atoms with E-state index in [9.17, 15) is 10.1 Å². The van der Waals surface area contributed by atoms with Gasteiger partial charge >= 0.3 is 0 Å². The van der Waals surface area contributed by atoms with E-state index in [2.05, 4.69) is 16.6 Å². The van der Waals surface area contributed by atoms with E-state index in [1.54, 1.807) is 36.4 Å². The number of carbonyl (C=O) groups excluding carboxylic acids is 1. The Balaban J connectivity index is 1.69. The molecule has 0 bridgehead atoms. The van der Waals surface area contributed by atoms with Crippen LogP contribution in [0, 0.1) is 18.3 Å². The number of rotatable bonds is 8. The molecule has 3 aromatic rings. The number of hydrogen-bond donors (Lipinski definition) is 1. The molecule has 0 unspecified atom stereocenters. The van der Waals surface area contributed by atoms with E-state index in [4.69, 9.17) is 21.1 Å². The molecule has 0 heterocycles. The van der Waals surface area contributed by atoms with Crippen molar-refractivity contribution in [2.45, 2.75) is 20.5 Å². The van der Waals surface area contributed by atoms with Gasteiger partial charge in [-0.2, -0.15) is 10.4 Å². The second-order valence-electron chi connectivity index (χ2n) is 6.88. The lowest BCUT2D eigenvalue weighted by Gasteiger charge is -2.13. The molecule has 0 saturated heterocycles. The van der Waals surface area contributed by atoms with Crippen molar-refractivity contribution in [3.05, 3.63) is 93.5 Å². The predicted molar refractivity (Wildman–Crippen MR) is 124 cm³/mol. The second kappa shape index (κ2) is 11.0. The molecule has 0 saturated carbocycles. The molecule has 0 spiro atoms. The molecule has 0 aliphatic heterocycles. The van der Waals surface area contributed by atoms with Crippen molar-refractivity contribution in [1.82, 2.24) is 5.43 Å². The minimum absolute atomic E-state index is 0.241. The van der Waals surface area contributed by atoms with E-state index >= 15 is 0 Å². The maximum absolute atomic E-state index is 12.3. The number of hydrogen-bond acceptors (Lipinski definition) is 5. The SMILES string of the molecule is CCOc1cc(/C=N\NC(=O)c2ccc(C)cc2Cl)ccc1OCc1ccccc1C#N. The monoisotopic (exact) mass is 447 g/mol. The van der Waals surface area contributed by atoms with Crippen molar-refractivity contribution in [3.8, 4) is 17.6 Å². The fourth-order valence-electron chi connectivity index (χ4n) is 2.93. The molecule has 162 valence electrons. The largest absolute Gasteiger partial charge is 0.490 e. The van der Waals surface area contributed by atoms with Gasteiger partial charge in [-0.25, -0.2) is 5.43 Å². The summed E-state index contributed by atoms with van der Waals surface area (Å²) in [7, 11) is 0. The number of nitrogens with one attached hydrogen (secondary N) is 1. The first kappa shape index (κ1) is 22.9. The molecule has 0 aromatic heterocycles. The van der Waals surface area contributed by atoms with Gasteiger partial charge in [0.05, 0.1) is 35.0 Å². The summed E-state index contributed by atoms with van der Waals surface area (Å²) in [5.74, 6) is 0.693. The Kier molecular flexibility index (Phi) is 7.85. The van der Waals surface area contributed by atoms with Gasteiger partial charge in [0, 0.05) is 5.56 Å². The van der Waals surface area contributed by atoms with Crippen LogP contribution in [0.4, 0.5) is 0 Å². The van der Waals surface area contributed by atoms with Crippen LogP contribution in [0.5, 0.6) is 11.5 Å². The Morgan fingerprint density at radius 2 is 1.94 bits per heavy atom. The highest BCUT2D eigenvalue weighted by Gasteiger charge is 2.10. The van der Waals surface area contributed by atoms with Crippen molar-refractivity contribution < 1.29 is 14.3 Å². The van der Waals surface area contributed by atoms with E-state index in [1.807, 2.05) is 38.1 Å². The molecule has 0 atom stereocenters. The van der Waals surface area contributed by atoms with Crippen LogP contribution in [0.3, 0.4) is 0 Å². The molecule has 1 N–H and O–H groups in total. The van der Waals surface area contributed by atoms with Gasteiger partial charge in [-0.05, 0) is 61.4 Å². The molecule has 6 nitrogen and oxygen atoms in total. The summed E-state index contributed by atoms with van der Waals surface area (Å²) in [5.41, 5.74) is 5.88. The molecule has 32 heavy (non-hydrogen) atoms. The zero-order chi connectivity index (χ0) is 22.9. The number of nitriles is 1. The van der Waals surface area contributed by atoms with Gasteiger partial charge in [-0.3, -0.25) is 4.79 Å². The highest BCUT2D eigenvalue weighted by atomic mass is 35.5. The van der Waals surface area contributed by atoms with Crippen LogP contribution in [0.25, 0.3) is 0 Å². The molecular formula is C25H22ClN3O3. The van der Waals surface area contributed by atoms with Gasteiger partial charge < -0.3 is 9.47 Å². The summed E-state index contributed by atoms with van der Waals surface area (Å²) in [4.78, 5) is 12.3. The van der Waals surface area contributed by atoms with Gasteiger partial charge in [-0.15, -0.1) is 0 Å². The van der Waals surface area contributed by atoms with E-state index in [1.165, 1.54) is 6.21 Å². The number of aryl methyl sites for hydroxylation is 1. The minimum Gasteiger partial charge on any atom is -0.490 e. The van der Waals surface area contributed by atoms with Crippen molar-refractivity contribution in [1.29, 1.82) is 5.26 Å². The number of benzene rings is 3. The van der Waals surface area contributed by atoms with E-state index < -0.39 is 5.91 Å². The zero-order valence-corrected chi connectivity index (χ0v) is 18.5. The Morgan fingerprint density at radius 3 is 2.69 bits per heavy atom. The van der Waals surface area contributed by atoms with Crippen molar-refractivity contribution in [2.75, 3.05) is 6.61 Å². The third kappa shape index (κ3) is 5.87. The normalized spacial score (nSPS) is 10.6. The van der Waals surface area contributed by atoms with Gasteiger partial charge in [-0.1, -0.05) is 35.9 Å². The van der Waals surface area contributed by atoms with Gasteiger partial charge in [0.2, 0.25) is 0 Å². The lowest BCUT2D eigenvalue weighted by Crippen LogP contribution is -2.18. The van der Waals surface area contributed by atoms with Crippen LogP contribution in [0.15, 0.2) is 65.8 Å². The number of nitrogens with zero attached hydrogens (tertiary/aromatic N) is 2. The van der Waals surface area contributed by atoms with Gasteiger partial charge in [0.15, 0.2) is 11.5 Å². The average Bonchev–Trinajstić information content (AvgIpc) is 2.79. The average molecular weight is 448 g/mol. The van der Waals surface area contributed by atoms with E-state index in [-0.39, 0.29) is 6.61 Å². The van der Waals surface area contributed by atoms with E-state index in [0.717, 1.165) is 11.1 Å². The van der Waals surface area contributed by atoms with Crippen molar-refractivity contribution in [2.24, 2.45) is 5.10 Å². The van der Waals surface area contributed by atoms with Crippen LogP contribution in [-0.4, -0.2) is 18.7 Å². The molecule has 7 heteroatoms. The molecule has 0 aliphatic rings. The molecular weight excluding hydrogens is 426 g/mol. The third-order valence-corrected chi connectivity index (χ3v) is 4.85. The van der Waals surface area contributed by atoms with Crippen LogP contribution in [0.2, 0.25) is 5.02 Å². The maximum atomic E-state index is 12.3. The Hall–Kier alpha value is -3.82. The summed E-state index contributed by atoms with van der Waals surface area (Å²) < 4.78 is 11.6. The highest BCUT2D eigenvalue weighted by Crippen LogP contribution is 2.29. The van der Waals surface area contributed by atoms with Crippen LogP contribution in [-0.2, 0) is 6.61 Å². The second-order valence-corrected chi connectivity index (χ2v) is 7.29. The van der Waals surface area contributed by atoms with Crippen molar-refractivity contribution in [3.63, 3.8) is 0 Å². The number of halogens is 1. The third-order valence-electron chi connectivity index (χ3n) is 4.54. The maximum Gasteiger partial charge on any atom is 0.272 e. The first-order valence-electron chi connectivity index (χ1n) is 9.99. The lowest BCUT2D eigenvalue weighted by atomic mass is 10.1. The number of amides is 1. The fraction of sp³-hybridized carbons (Fsp3) is 0.160. The quantitative estimate of drug-likeness (QED) is 0.377. The first-order chi connectivity index (χ1) is 15.5. The molecule has 3 rings (SSSR count). The molecule has 1 amide bonds. The number of carbonyl (C=O) groups is 1. The zero-order valence-electron chi connectivity index (χ0n) is 17.8. The number of hydrazone groups is 1. The van der Waals surface area contributed by atoms with Crippen LogP contribution in [0.1, 0.15) is 39.5 Å². The summed E-state index contributed by atoms with van der Waals surface area (Å²) in [6, 6.07) is 20.0. The lowest BCUT2D eigenvalue weighted by molar-refractivity contribution is 0.0955. The summed E-state index contributed by atoms with van der Waals surface area (Å²) >= 11 is 6.13. The minimum atomic E-state index is -0.396. The summed E-state index contributed by atoms with van der Waals surface area (Å²) in [5, 5.41) is 13.6. The van der Waals surface area contributed by atoms with Crippen LogP contribution >= 0.6 is 11.6 Å². The smallest absolute Gasteiger partial charge is 0.272 e. The molecule has 0 aliphatic carbocycles. The topological polar surface area (TPSA) is 83.7 Å². The van der Waals surface area contributed by atoms with Gasteiger partial charge in [0.1, 0.15) is 6.61 Å². The van der Waals surface area contributed by atoms with Crippen LogP contribution < -0.4 is 14.9 Å². The Labute approximate surface area is 192 Å².